The lowest BCUT2D eigenvalue weighted by atomic mass is 9.41. The topological polar surface area (TPSA) is 76.0 Å². The van der Waals surface area contributed by atoms with E-state index in [4.69, 9.17) is 9.47 Å². The number of carbonyl (C=O) groups is 1. The zero-order valence-corrected chi connectivity index (χ0v) is 22.5. The number of rotatable bonds is 2. The van der Waals surface area contributed by atoms with Crippen LogP contribution >= 0.6 is 0 Å². The minimum Gasteiger partial charge on any atom is -0.466 e. The molecule has 0 aromatic heterocycles. The van der Waals surface area contributed by atoms with Gasteiger partial charge >= 0.3 is 5.97 Å². The molecule has 1 heterocycles. The van der Waals surface area contributed by atoms with Gasteiger partial charge in [0, 0.05) is 11.5 Å². The van der Waals surface area contributed by atoms with Gasteiger partial charge in [0.1, 0.15) is 0 Å². The molecule has 5 nitrogen and oxygen atoms in total. The van der Waals surface area contributed by atoms with Crippen molar-refractivity contribution in [3.8, 4) is 0 Å². The van der Waals surface area contributed by atoms with Crippen LogP contribution in [0.25, 0.3) is 0 Å². The lowest BCUT2D eigenvalue weighted by Gasteiger charge is -2.63. The summed E-state index contributed by atoms with van der Waals surface area (Å²) in [4.78, 5) is 11.7. The molecular weight excluding hydrogens is 440 g/mol. The average molecular weight is 487 g/mol. The van der Waals surface area contributed by atoms with E-state index in [0.717, 1.165) is 32.1 Å². The van der Waals surface area contributed by atoms with E-state index < -0.39 is 6.10 Å². The molecule has 0 radical (unpaired) electrons. The van der Waals surface area contributed by atoms with Gasteiger partial charge in [-0.05, 0) is 103 Å². The van der Waals surface area contributed by atoms with Crippen molar-refractivity contribution in [1.29, 1.82) is 0 Å². The van der Waals surface area contributed by atoms with E-state index in [1.54, 1.807) is 0 Å². The molecule has 0 aromatic carbocycles. The summed E-state index contributed by atoms with van der Waals surface area (Å²) in [6.45, 7) is 11.8. The summed E-state index contributed by atoms with van der Waals surface area (Å²) in [6.07, 6.45) is 11.3. The average Bonchev–Trinajstić information content (AvgIpc) is 3.45. The van der Waals surface area contributed by atoms with Crippen molar-refractivity contribution in [3.05, 3.63) is 12.2 Å². The number of ether oxygens (including phenoxy) is 2. The summed E-state index contributed by atoms with van der Waals surface area (Å²) < 4.78 is 11.4. The Morgan fingerprint density at radius 3 is 2.40 bits per heavy atom. The maximum atomic E-state index is 12.1. The molecular formula is C30H46O5. The summed E-state index contributed by atoms with van der Waals surface area (Å²) in [7, 11) is 1.39. The molecule has 12 atom stereocenters. The molecule has 0 amide bonds. The molecule has 2 spiro atoms. The molecule has 6 aliphatic rings. The van der Waals surface area contributed by atoms with Gasteiger partial charge in [0.05, 0.1) is 31.5 Å². The Balaban J connectivity index is 1.34. The minimum absolute atomic E-state index is 0.0204. The minimum atomic E-state index is -0.493. The standard InChI is InChI=1S/C30H46O5/c1-17-15-18(7-10-22(32)34-6)35-24-23(17)27(4)13-14-30-16-29(30)12-11-21(31)26(2,3)19(29)8-9-20(30)28(27,5)25(24)33/h7,10,17-21,23-25,31,33H,8-9,11-16H2,1-6H3/t17-,18+,19+,20+,21?,23?,24+,25+,27-,28-,29?,30+/m1/s1. The molecule has 5 saturated carbocycles. The number of fused-ring (bicyclic) bond motifs is 4. The Labute approximate surface area is 211 Å². The first-order chi connectivity index (χ1) is 16.4. The Kier molecular flexibility index (Phi) is 5.13. The molecule has 1 saturated heterocycles. The van der Waals surface area contributed by atoms with E-state index in [-0.39, 0.29) is 40.5 Å². The van der Waals surface area contributed by atoms with Crippen LogP contribution in [0.2, 0.25) is 0 Å². The van der Waals surface area contributed by atoms with Crippen molar-refractivity contribution in [2.75, 3.05) is 7.11 Å². The van der Waals surface area contributed by atoms with Crippen molar-refractivity contribution in [2.45, 2.75) is 110 Å². The van der Waals surface area contributed by atoms with Crippen LogP contribution in [0, 0.1) is 50.7 Å². The van der Waals surface area contributed by atoms with E-state index in [9.17, 15) is 15.0 Å². The van der Waals surface area contributed by atoms with Gasteiger partial charge in [-0.3, -0.25) is 0 Å². The van der Waals surface area contributed by atoms with Gasteiger partial charge in [0.2, 0.25) is 0 Å². The summed E-state index contributed by atoms with van der Waals surface area (Å²) in [6, 6.07) is 0. The molecule has 196 valence electrons. The predicted molar refractivity (Wildman–Crippen MR) is 133 cm³/mol. The summed E-state index contributed by atoms with van der Waals surface area (Å²) >= 11 is 0. The van der Waals surface area contributed by atoms with Crippen LogP contribution in [0.5, 0.6) is 0 Å². The van der Waals surface area contributed by atoms with E-state index in [1.165, 1.54) is 32.4 Å². The maximum Gasteiger partial charge on any atom is 0.330 e. The molecule has 5 aliphatic carbocycles. The molecule has 6 rings (SSSR count). The molecule has 5 heteroatoms. The fourth-order valence-corrected chi connectivity index (χ4v) is 11.7. The Morgan fingerprint density at radius 2 is 1.69 bits per heavy atom. The molecule has 2 N–H and O–H groups in total. The number of hydrogen-bond donors (Lipinski definition) is 2. The van der Waals surface area contributed by atoms with Gasteiger partial charge in [-0.15, -0.1) is 0 Å². The van der Waals surface area contributed by atoms with Crippen LogP contribution in [0.15, 0.2) is 12.2 Å². The van der Waals surface area contributed by atoms with Crippen molar-refractivity contribution in [2.24, 2.45) is 50.7 Å². The van der Waals surface area contributed by atoms with Crippen molar-refractivity contribution in [3.63, 3.8) is 0 Å². The van der Waals surface area contributed by atoms with E-state index in [2.05, 4.69) is 34.6 Å². The lowest BCUT2D eigenvalue weighted by Crippen LogP contribution is -2.59. The highest BCUT2D eigenvalue weighted by Gasteiger charge is 2.84. The number of aliphatic hydroxyl groups excluding tert-OH is 2. The van der Waals surface area contributed by atoms with Gasteiger partial charge in [-0.2, -0.15) is 0 Å². The maximum absolute atomic E-state index is 12.1. The van der Waals surface area contributed by atoms with E-state index in [0.29, 0.717) is 34.5 Å². The third kappa shape index (κ3) is 2.74. The highest BCUT2D eigenvalue weighted by Crippen LogP contribution is 2.89. The van der Waals surface area contributed by atoms with Gasteiger partial charge in [-0.25, -0.2) is 4.79 Å². The third-order valence-corrected chi connectivity index (χ3v) is 13.5. The van der Waals surface area contributed by atoms with Crippen LogP contribution in [0.4, 0.5) is 0 Å². The number of hydrogen-bond acceptors (Lipinski definition) is 5. The number of esters is 1. The summed E-state index contributed by atoms with van der Waals surface area (Å²) in [5.74, 6) is 1.49. The second-order valence-corrected chi connectivity index (χ2v) is 14.5. The number of carbonyl (C=O) groups excluding carboxylic acids is 1. The summed E-state index contributed by atoms with van der Waals surface area (Å²) in [5.41, 5.74) is 0.528. The normalized spacial score (nSPS) is 57.9. The first-order valence-corrected chi connectivity index (χ1v) is 14.2. The highest BCUT2D eigenvalue weighted by atomic mass is 16.5. The monoisotopic (exact) mass is 486 g/mol. The molecule has 1 aliphatic heterocycles. The predicted octanol–water partition coefficient (Wildman–Crippen LogP) is 4.89. The van der Waals surface area contributed by atoms with Gasteiger partial charge in [0.25, 0.3) is 0 Å². The first-order valence-electron chi connectivity index (χ1n) is 14.2. The van der Waals surface area contributed by atoms with Gasteiger partial charge in [-0.1, -0.05) is 34.6 Å². The van der Waals surface area contributed by atoms with E-state index >= 15 is 0 Å². The Bertz CT molecular complexity index is 943. The zero-order valence-electron chi connectivity index (χ0n) is 22.5. The third-order valence-electron chi connectivity index (χ3n) is 13.5. The summed E-state index contributed by atoms with van der Waals surface area (Å²) in [5, 5.41) is 23.0. The van der Waals surface area contributed by atoms with Crippen molar-refractivity contribution < 1.29 is 24.5 Å². The molecule has 35 heavy (non-hydrogen) atoms. The van der Waals surface area contributed by atoms with Crippen LogP contribution in [-0.4, -0.2) is 47.7 Å². The second-order valence-electron chi connectivity index (χ2n) is 14.5. The van der Waals surface area contributed by atoms with Crippen molar-refractivity contribution in [1.82, 2.24) is 0 Å². The smallest absolute Gasteiger partial charge is 0.330 e. The van der Waals surface area contributed by atoms with E-state index in [1.807, 2.05) is 6.08 Å². The molecule has 6 fully saturated rings. The number of aliphatic hydroxyl groups is 2. The fourth-order valence-electron chi connectivity index (χ4n) is 11.7. The number of methoxy groups -OCH3 is 1. The highest BCUT2D eigenvalue weighted by molar-refractivity contribution is 5.81. The van der Waals surface area contributed by atoms with Crippen LogP contribution < -0.4 is 0 Å². The lowest BCUT2D eigenvalue weighted by molar-refractivity contribution is -0.182. The van der Waals surface area contributed by atoms with Crippen molar-refractivity contribution >= 4 is 5.97 Å². The molecule has 3 unspecified atom stereocenters. The van der Waals surface area contributed by atoms with Crippen LogP contribution in [-0.2, 0) is 14.3 Å². The van der Waals surface area contributed by atoms with Gasteiger partial charge < -0.3 is 19.7 Å². The quantitative estimate of drug-likeness (QED) is 0.429. The second kappa shape index (κ2) is 7.35. The van der Waals surface area contributed by atoms with Gasteiger partial charge in [0.15, 0.2) is 0 Å². The Hall–Kier alpha value is -0.910. The zero-order chi connectivity index (χ0) is 25.2. The Morgan fingerprint density at radius 1 is 1.00 bits per heavy atom. The van der Waals surface area contributed by atoms with Crippen LogP contribution in [0.1, 0.15) is 86.0 Å². The largest absolute Gasteiger partial charge is 0.466 e. The fraction of sp³-hybridized carbons (Fsp3) is 0.900. The SMILES string of the molecule is COC(=O)C=C[C@H]1C[C@@H](C)C2[C@H](O1)[C@H](O)[C@@]1(C)[C@@H]3CC[C@H]4C(C)(C)C(O)CCC45C[C@@]35CC[C@]21C. The molecule has 0 aromatic rings. The first kappa shape index (κ1) is 24.4. The molecule has 0 bridgehead atoms. The van der Waals surface area contributed by atoms with Crippen LogP contribution in [0.3, 0.4) is 0 Å².